The average molecular weight is 433 g/mol. The fourth-order valence-corrected chi connectivity index (χ4v) is 3.17. The smallest absolute Gasteiger partial charge is 0.282 e. The topological polar surface area (TPSA) is 59.7 Å². The van der Waals surface area contributed by atoms with Crippen molar-refractivity contribution in [1.29, 1.82) is 0 Å². The Hall–Kier alpha value is -3.64. The van der Waals surface area contributed by atoms with E-state index in [1.807, 2.05) is 55.4 Å². The summed E-state index contributed by atoms with van der Waals surface area (Å²) in [5.41, 5.74) is 2.31. The first-order valence-electron chi connectivity index (χ1n) is 9.72. The second kappa shape index (κ2) is 9.02. The van der Waals surface area contributed by atoms with Crippen molar-refractivity contribution in [2.75, 3.05) is 19.0 Å². The molecule has 0 unspecified atom stereocenters. The molecule has 6 nitrogen and oxygen atoms in total. The molecule has 0 saturated carbocycles. The van der Waals surface area contributed by atoms with Crippen LogP contribution in [0, 0.1) is 0 Å². The van der Waals surface area contributed by atoms with Crippen LogP contribution in [-0.4, -0.2) is 30.0 Å². The highest BCUT2D eigenvalue weighted by molar-refractivity contribution is 6.30. The number of anilines is 1. The van der Waals surface area contributed by atoms with E-state index in [0.717, 1.165) is 11.3 Å². The second-order valence-electron chi connectivity index (χ2n) is 7.14. The van der Waals surface area contributed by atoms with Crippen LogP contribution in [0.25, 0.3) is 10.9 Å². The summed E-state index contributed by atoms with van der Waals surface area (Å²) in [5.74, 6) is 1.03. The van der Waals surface area contributed by atoms with Crippen molar-refractivity contribution < 1.29 is 4.74 Å². The molecule has 4 aromatic rings. The Labute approximate surface area is 185 Å². The molecule has 0 fully saturated rings. The molecule has 156 valence electrons. The third-order valence-electron chi connectivity index (χ3n) is 4.73. The van der Waals surface area contributed by atoms with E-state index < -0.39 is 0 Å². The number of ether oxygens (including phenoxy) is 1. The maximum Gasteiger partial charge on any atom is 0.282 e. The summed E-state index contributed by atoms with van der Waals surface area (Å²) < 4.78 is 7.12. The number of hydrogen-bond donors (Lipinski definition) is 0. The van der Waals surface area contributed by atoms with Gasteiger partial charge in [-0.15, -0.1) is 0 Å². The van der Waals surface area contributed by atoms with Crippen LogP contribution in [-0.2, 0) is 6.61 Å². The zero-order chi connectivity index (χ0) is 21.8. The summed E-state index contributed by atoms with van der Waals surface area (Å²) >= 11 is 5.93. The minimum atomic E-state index is -0.249. The van der Waals surface area contributed by atoms with E-state index in [1.54, 1.807) is 42.6 Å². The van der Waals surface area contributed by atoms with Gasteiger partial charge in [0.2, 0.25) is 0 Å². The van der Waals surface area contributed by atoms with Gasteiger partial charge in [-0.1, -0.05) is 35.9 Å². The SMILES string of the molecule is CN(C)c1ccc(/C=N\n2c(COc3ccc(Cl)cc3)nc3ccccc3c2=O)cc1. The molecule has 1 aromatic heterocycles. The second-order valence-corrected chi connectivity index (χ2v) is 7.57. The minimum absolute atomic E-state index is 0.0820. The highest BCUT2D eigenvalue weighted by Crippen LogP contribution is 2.17. The van der Waals surface area contributed by atoms with E-state index in [4.69, 9.17) is 16.3 Å². The van der Waals surface area contributed by atoms with Gasteiger partial charge in [-0.05, 0) is 54.1 Å². The van der Waals surface area contributed by atoms with Gasteiger partial charge in [0.15, 0.2) is 5.82 Å². The van der Waals surface area contributed by atoms with Crippen LogP contribution in [0.4, 0.5) is 5.69 Å². The summed E-state index contributed by atoms with van der Waals surface area (Å²) in [6.45, 7) is 0.0820. The van der Waals surface area contributed by atoms with Crippen LogP contribution in [0.2, 0.25) is 5.02 Å². The van der Waals surface area contributed by atoms with Crippen molar-refractivity contribution >= 4 is 34.4 Å². The zero-order valence-corrected chi connectivity index (χ0v) is 18.0. The summed E-state index contributed by atoms with van der Waals surface area (Å²) in [4.78, 5) is 19.7. The molecule has 0 N–H and O–H groups in total. The van der Waals surface area contributed by atoms with E-state index >= 15 is 0 Å². The number of rotatable bonds is 6. The Morgan fingerprint density at radius 1 is 1.03 bits per heavy atom. The maximum atomic E-state index is 13.1. The highest BCUT2D eigenvalue weighted by atomic mass is 35.5. The Kier molecular flexibility index (Phi) is 6.00. The van der Waals surface area contributed by atoms with E-state index in [-0.39, 0.29) is 12.2 Å². The average Bonchev–Trinajstić information content (AvgIpc) is 2.78. The van der Waals surface area contributed by atoms with Gasteiger partial charge in [-0.3, -0.25) is 4.79 Å². The van der Waals surface area contributed by atoms with Gasteiger partial charge in [-0.2, -0.15) is 9.78 Å². The quantitative estimate of drug-likeness (QED) is 0.418. The Morgan fingerprint density at radius 3 is 2.45 bits per heavy atom. The molecule has 0 aliphatic heterocycles. The lowest BCUT2D eigenvalue weighted by Crippen LogP contribution is -2.23. The molecule has 4 rings (SSSR count). The summed E-state index contributed by atoms with van der Waals surface area (Å²) in [6.07, 6.45) is 1.64. The number of para-hydroxylation sites is 1. The molecule has 1 heterocycles. The first kappa shape index (κ1) is 20.6. The third kappa shape index (κ3) is 4.75. The van der Waals surface area contributed by atoms with E-state index in [9.17, 15) is 4.79 Å². The number of halogens is 1. The molecule has 0 spiro atoms. The molecule has 7 heteroatoms. The van der Waals surface area contributed by atoms with E-state index in [2.05, 4.69) is 10.1 Å². The molecule has 0 radical (unpaired) electrons. The van der Waals surface area contributed by atoms with Crippen LogP contribution in [0.5, 0.6) is 5.75 Å². The Morgan fingerprint density at radius 2 is 1.74 bits per heavy atom. The van der Waals surface area contributed by atoms with Crippen molar-refractivity contribution in [1.82, 2.24) is 9.66 Å². The standard InChI is InChI=1S/C24H21ClN4O2/c1-28(2)19-11-7-17(8-12-19)15-26-29-23(16-31-20-13-9-18(25)10-14-20)27-22-6-4-3-5-21(22)24(29)30/h3-15H,16H2,1-2H3/b26-15-. The van der Waals surface area contributed by atoms with Gasteiger partial charge in [0.05, 0.1) is 17.1 Å². The molecule has 0 atom stereocenters. The zero-order valence-electron chi connectivity index (χ0n) is 17.2. The summed E-state index contributed by atoms with van der Waals surface area (Å²) in [6, 6.07) is 22.1. The molecular formula is C24H21ClN4O2. The number of nitrogens with zero attached hydrogens (tertiary/aromatic N) is 4. The highest BCUT2D eigenvalue weighted by Gasteiger charge is 2.11. The maximum absolute atomic E-state index is 13.1. The van der Waals surface area contributed by atoms with Crippen molar-refractivity contribution in [3.8, 4) is 5.75 Å². The van der Waals surface area contributed by atoms with Gasteiger partial charge in [0, 0.05) is 24.8 Å². The van der Waals surface area contributed by atoms with Crippen LogP contribution < -0.4 is 15.2 Å². The van der Waals surface area contributed by atoms with Crippen LogP contribution >= 0.6 is 11.6 Å². The first-order chi connectivity index (χ1) is 15.0. The molecule has 0 amide bonds. The molecular weight excluding hydrogens is 412 g/mol. The van der Waals surface area contributed by atoms with Gasteiger partial charge in [0.25, 0.3) is 5.56 Å². The lowest BCUT2D eigenvalue weighted by molar-refractivity contribution is 0.289. The van der Waals surface area contributed by atoms with Gasteiger partial charge in [0.1, 0.15) is 12.4 Å². The minimum Gasteiger partial charge on any atom is -0.486 e. The predicted molar refractivity (Wildman–Crippen MR) is 126 cm³/mol. The lowest BCUT2D eigenvalue weighted by Gasteiger charge is -2.12. The van der Waals surface area contributed by atoms with Crippen LogP contribution in [0.3, 0.4) is 0 Å². The number of fused-ring (bicyclic) bond motifs is 1. The van der Waals surface area contributed by atoms with Crippen molar-refractivity contribution in [3.63, 3.8) is 0 Å². The van der Waals surface area contributed by atoms with Gasteiger partial charge in [-0.25, -0.2) is 4.98 Å². The predicted octanol–water partition coefficient (Wildman–Crippen LogP) is 4.58. The molecule has 0 aliphatic rings. The first-order valence-corrected chi connectivity index (χ1v) is 10.1. The van der Waals surface area contributed by atoms with Crippen LogP contribution in [0.15, 0.2) is 82.7 Å². The summed E-state index contributed by atoms with van der Waals surface area (Å²) in [5, 5.41) is 5.55. The molecule has 0 bridgehead atoms. The van der Waals surface area contributed by atoms with Crippen molar-refractivity contribution in [2.24, 2.45) is 5.10 Å². The number of hydrogen-bond acceptors (Lipinski definition) is 5. The summed E-state index contributed by atoms with van der Waals surface area (Å²) in [7, 11) is 3.97. The molecule has 0 saturated heterocycles. The van der Waals surface area contributed by atoms with E-state index in [1.165, 1.54) is 4.68 Å². The number of benzene rings is 3. The Balaban J connectivity index is 1.69. The Bertz CT molecular complexity index is 1280. The fraction of sp³-hybridized carbons (Fsp3) is 0.125. The van der Waals surface area contributed by atoms with Crippen LogP contribution in [0.1, 0.15) is 11.4 Å². The van der Waals surface area contributed by atoms with E-state index in [0.29, 0.717) is 27.5 Å². The third-order valence-corrected chi connectivity index (χ3v) is 4.99. The normalized spacial score (nSPS) is 11.2. The van der Waals surface area contributed by atoms with Gasteiger partial charge < -0.3 is 9.64 Å². The largest absolute Gasteiger partial charge is 0.486 e. The molecule has 0 aliphatic carbocycles. The monoisotopic (exact) mass is 432 g/mol. The molecule has 3 aromatic carbocycles. The van der Waals surface area contributed by atoms with Gasteiger partial charge >= 0.3 is 0 Å². The fourth-order valence-electron chi connectivity index (χ4n) is 3.04. The van der Waals surface area contributed by atoms with Crippen molar-refractivity contribution in [3.05, 3.63) is 99.6 Å². The van der Waals surface area contributed by atoms with Crippen molar-refractivity contribution in [2.45, 2.75) is 6.61 Å². The molecule has 31 heavy (non-hydrogen) atoms. The lowest BCUT2D eigenvalue weighted by atomic mass is 10.2. The number of aromatic nitrogens is 2.